The van der Waals surface area contributed by atoms with Gasteiger partial charge in [0.25, 0.3) is 5.56 Å². The Morgan fingerprint density at radius 3 is 2.91 bits per heavy atom. The summed E-state index contributed by atoms with van der Waals surface area (Å²) in [5.41, 5.74) is 1.81. The number of benzene rings is 1. The normalized spacial score (nSPS) is 12.7. The van der Waals surface area contributed by atoms with Crippen LogP contribution >= 0.6 is 11.8 Å². The summed E-state index contributed by atoms with van der Waals surface area (Å²) in [5, 5.41) is 0.953. The van der Waals surface area contributed by atoms with Crippen molar-refractivity contribution in [2.24, 2.45) is 7.05 Å². The molecule has 0 spiro atoms. The van der Waals surface area contributed by atoms with Crippen LogP contribution in [0.4, 0.5) is 0 Å². The van der Waals surface area contributed by atoms with E-state index in [0.29, 0.717) is 22.8 Å². The Labute approximate surface area is 136 Å². The minimum absolute atomic E-state index is 0.162. The number of aromatic nitrogens is 3. The van der Waals surface area contributed by atoms with Gasteiger partial charge in [-0.05, 0) is 19.9 Å². The first-order chi connectivity index (χ1) is 11.0. The highest BCUT2D eigenvalue weighted by Gasteiger charge is 2.20. The summed E-state index contributed by atoms with van der Waals surface area (Å²) in [7, 11) is 1.65. The van der Waals surface area contributed by atoms with Gasteiger partial charge in [0.05, 0.1) is 6.61 Å². The van der Waals surface area contributed by atoms with E-state index in [1.807, 2.05) is 24.3 Å². The molecule has 0 amide bonds. The number of aromatic amines is 1. The van der Waals surface area contributed by atoms with Crippen molar-refractivity contribution in [3.05, 3.63) is 34.6 Å². The Morgan fingerprint density at radius 1 is 1.43 bits per heavy atom. The Morgan fingerprint density at radius 2 is 2.17 bits per heavy atom. The van der Waals surface area contributed by atoms with Gasteiger partial charge in [-0.2, -0.15) is 0 Å². The van der Waals surface area contributed by atoms with Gasteiger partial charge in [0, 0.05) is 18.0 Å². The van der Waals surface area contributed by atoms with Gasteiger partial charge in [-0.25, -0.2) is 4.98 Å². The average molecular weight is 331 g/mol. The van der Waals surface area contributed by atoms with Gasteiger partial charge in [0.2, 0.25) is 0 Å². The zero-order valence-corrected chi connectivity index (χ0v) is 13.9. The maximum atomic E-state index is 12.6. The van der Waals surface area contributed by atoms with Crippen LogP contribution in [0.2, 0.25) is 0 Å². The predicted octanol–water partition coefficient (Wildman–Crippen LogP) is 2.46. The molecule has 0 aliphatic rings. The number of para-hydroxylation sites is 1. The van der Waals surface area contributed by atoms with E-state index in [9.17, 15) is 9.59 Å². The maximum absolute atomic E-state index is 12.6. The number of thioether (sulfide) groups is 1. The molecule has 0 bridgehead atoms. The molecular formula is C16H17N3O3S. The third-order valence-electron chi connectivity index (χ3n) is 3.59. The highest BCUT2D eigenvalue weighted by atomic mass is 32.2. The van der Waals surface area contributed by atoms with E-state index in [-0.39, 0.29) is 11.5 Å². The number of hydrogen-bond donors (Lipinski definition) is 1. The average Bonchev–Trinajstić information content (AvgIpc) is 2.91. The van der Waals surface area contributed by atoms with E-state index in [1.165, 1.54) is 16.3 Å². The van der Waals surface area contributed by atoms with Gasteiger partial charge in [-0.3, -0.25) is 14.2 Å². The second-order valence-corrected chi connectivity index (χ2v) is 6.47. The number of rotatable bonds is 4. The number of H-pyrrole nitrogens is 1. The summed E-state index contributed by atoms with van der Waals surface area (Å²) in [6.07, 6.45) is 0. The number of nitrogens with one attached hydrogen (secondary N) is 1. The molecule has 120 valence electrons. The molecule has 2 heterocycles. The topological polar surface area (TPSA) is 77.0 Å². The number of nitrogens with zero attached hydrogens (tertiary/aromatic N) is 2. The van der Waals surface area contributed by atoms with Gasteiger partial charge < -0.3 is 9.72 Å². The third-order valence-corrected chi connectivity index (χ3v) is 4.71. The molecule has 7 heteroatoms. The molecule has 3 rings (SSSR count). The zero-order chi connectivity index (χ0) is 16.6. The van der Waals surface area contributed by atoms with Gasteiger partial charge in [0.1, 0.15) is 16.3 Å². The van der Waals surface area contributed by atoms with Crippen molar-refractivity contribution in [2.75, 3.05) is 6.61 Å². The second kappa shape index (κ2) is 6.08. The predicted molar refractivity (Wildman–Crippen MR) is 90.8 cm³/mol. The molecule has 0 fully saturated rings. The minimum Gasteiger partial charge on any atom is -0.465 e. The van der Waals surface area contributed by atoms with Crippen LogP contribution in [-0.2, 0) is 16.6 Å². The lowest BCUT2D eigenvalue weighted by Crippen LogP contribution is -2.23. The summed E-state index contributed by atoms with van der Waals surface area (Å²) in [4.78, 5) is 32.1. The number of hydrogen-bond acceptors (Lipinski definition) is 5. The molecule has 0 radical (unpaired) electrons. The number of fused-ring (bicyclic) bond motifs is 3. The van der Waals surface area contributed by atoms with Crippen LogP contribution < -0.4 is 5.56 Å². The standard InChI is InChI=1S/C16H17N3O3S/c1-4-22-15(21)9(2)23-16-18-12-10-7-5-6-8-11(10)17-13(12)14(20)19(16)3/h5-9,17H,4H2,1-3H3/t9-/m0/s1. The van der Waals surface area contributed by atoms with Crippen molar-refractivity contribution in [1.29, 1.82) is 0 Å². The van der Waals surface area contributed by atoms with Crippen LogP contribution in [0.25, 0.3) is 21.9 Å². The highest BCUT2D eigenvalue weighted by molar-refractivity contribution is 8.00. The smallest absolute Gasteiger partial charge is 0.319 e. The van der Waals surface area contributed by atoms with E-state index in [1.54, 1.807) is 20.9 Å². The minimum atomic E-state index is -0.435. The molecule has 3 aromatic rings. The molecule has 1 N–H and O–H groups in total. The van der Waals surface area contributed by atoms with Crippen LogP contribution in [0.15, 0.2) is 34.2 Å². The van der Waals surface area contributed by atoms with Crippen molar-refractivity contribution in [1.82, 2.24) is 14.5 Å². The van der Waals surface area contributed by atoms with Crippen LogP contribution in [0.1, 0.15) is 13.8 Å². The first-order valence-corrected chi connectivity index (χ1v) is 8.21. The summed E-state index contributed by atoms with van der Waals surface area (Å²) in [5.74, 6) is -0.314. The van der Waals surface area contributed by atoms with E-state index in [2.05, 4.69) is 9.97 Å². The Hall–Kier alpha value is -2.28. The Bertz CT molecular complexity index is 945. The molecule has 23 heavy (non-hydrogen) atoms. The van der Waals surface area contributed by atoms with Crippen molar-refractivity contribution in [2.45, 2.75) is 24.3 Å². The lowest BCUT2D eigenvalue weighted by molar-refractivity contribution is -0.142. The first kappa shape index (κ1) is 15.6. The Kier molecular flexibility index (Phi) is 4.12. The molecule has 1 aromatic carbocycles. The maximum Gasteiger partial charge on any atom is 0.319 e. The second-order valence-electron chi connectivity index (χ2n) is 5.16. The molecule has 2 aromatic heterocycles. The first-order valence-electron chi connectivity index (χ1n) is 7.33. The molecule has 0 saturated heterocycles. The fraction of sp³-hybridized carbons (Fsp3) is 0.312. The SMILES string of the molecule is CCOC(=O)[C@H](C)Sc1nc2c([nH]c3ccccc32)c(=O)n1C. The fourth-order valence-corrected chi connectivity index (χ4v) is 3.26. The number of ether oxygens (including phenoxy) is 1. The van der Waals surface area contributed by atoms with Crippen LogP contribution in [0.3, 0.4) is 0 Å². The molecule has 0 unspecified atom stereocenters. The van der Waals surface area contributed by atoms with E-state index >= 15 is 0 Å². The van der Waals surface area contributed by atoms with Crippen molar-refractivity contribution >= 4 is 39.7 Å². The van der Waals surface area contributed by atoms with E-state index in [4.69, 9.17) is 4.74 Å². The molecule has 0 aliphatic heterocycles. The summed E-state index contributed by atoms with van der Waals surface area (Å²) in [6, 6.07) is 7.64. The molecular weight excluding hydrogens is 314 g/mol. The van der Waals surface area contributed by atoms with Gasteiger partial charge in [0.15, 0.2) is 5.16 Å². The largest absolute Gasteiger partial charge is 0.465 e. The van der Waals surface area contributed by atoms with Gasteiger partial charge in [-0.15, -0.1) is 0 Å². The summed E-state index contributed by atoms with van der Waals surface area (Å²) < 4.78 is 6.46. The number of esters is 1. The summed E-state index contributed by atoms with van der Waals surface area (Å²) >= 11 is 1.22. The van der Waals surface area contributed by atoms with E-state index in [0.717, 1.165) is 10.9 Å². The van der Waals surface area contributed by atoms with Gasteiger partial charge >= 0.3 is 5.97 Å². The zero-order valence-electron chi connectivity index (χ0n) is 13.1. The molecule has 0 aliphatic carbocycles. The lowest BCUT2D eigenvalue weighted by atomic mass is 10.2. The number of carbonyl (C=O) groups is 1. The molecule has 1 atom stereocenters. The van der Waals surface area contributed by atoms with Crippen molar-refractivity contribution < 1.29 is 9.53 Å². The van der Waals surface area contributed by atoms with Gasteiger partial charge in [-0.1, -0.05) is 30.0 Å². The monoisotopic (exact) mass is 331 g/mol. The number of carbonyl (C=O) groups excluding carboxylic acids is 1. The van der Waals surface area contributed by atoms with Crippen LogP contribution in [0, 0.1) is 0 Å². The fourth-order valence-electron chi connectivity index (χ4n) is 2.39. The molecule has 6 nitrogen and oxygen atoms in total. The van der Waals surface area contributed by atoms with Crippen molar-refractivity contribution in [3.8, 4) is 0 Å². The van der Waals surface area contributed by atoms with Crippen LogP contribution in [0.5, 0.6) is 0 Å². The van der Waals surface area contributed by atoms with Crippen molar-refractivity contribution in [3.63, 3.8) is 0 Å². The van der Waals surface area contributed by atoms with Crippen LogP contribution in [-0.4, -0.2) is 32.4 Å². The third kappa shape index (κ3) is 2.72. The highest BCUT2D eigenvalue weighted by Crippen LogP contribution is 2.26. The summed E-state index contributed by atoms with van der Waals surface area (Å²) in [6.45, 7) is 3.84. The molecule has 0 saturated carbocycles. The quantitative estimate of drug-likeness (QED) is 0.451. The Balaban J connectivity index is 2.11. The van der Waals surface area contributed by atoms with E-state index < -0.39 is 5.25 Å². The lowest BCUT2D eigenvalue weighted by Gasteiger charge is -2.12.